The van der Waals surface area contributed by atoms with Crippen LogP contribution in [0.3, 0.4) is 0 Å². The van der Waals surface area contributed by atoms with Crippen LogP contribution < -0.4 is 5.32 Å². The second-order valence-corrected chi connectivity index (χ2v) is 5.39. The first-order valence-electron chi connectivity index (χ1n) is 7.28. The lowest BCUT2D eigenvalue weighted by atomic mass is 9.92. The quantitative estimate of drug-likeness (QED) is 0.843. The molecule has 1 nitrogen and oxygen atoms in total. The van der Waals surface area contributed by atoms with Crippen molar-refractivity contribution in [3.8, 4) is 0 Å². The smallest absolute Gasteiger partial charge is 0.123 e. The maximum absolute atomic E-state index is 13.3. The van der Waals surface area contributed by atoms with E-state index in [-0.39, 0.29) is 17.7 Å². The van der Waals surface area contributed by atoms with Crippen LogP contribution in [0.4, 0.5) is 8.78 Å². The predicted octanol–water partition coefficient (Wildman–Crippen LogP) is 4.67. The lowest BCUT2D eigenvalue weighted by Crippen LogP contribution is -2.24. The number of nitrogens with one attached hydrogen (secondary N) is 1. The molecule has 0 heterocycles. The van der Waals surface area contributed by atoms with Gasteiger partial charge in [-0.15, -0.1) is 0 Å². The monoisotopic (exact) mass is 289 g/mol. The largest absolute Gasteiger partial charge is 0.306 e. The summed E-state index contributed by atoms with van der Waals surface area (Å²) >= 11 is 0. The molecular formula is C18H21F2N. The number of aryl methyl sites for hydroxylation is 2. The maximum Gasteiger partial charge on any atom is 0.123 e. The van der Waals surface area contributed by atoms with Crippen LogP contribution in [0.5, 0.6) is 0 Å². The molecule has 2 aromatic carbocycles. The molecule has 112 valence electrons. The summed E-state index contributed by atoms with van der Waals surface area (Å²) in [5.74, 6) is -0.470. The van der Waals surface area contributed by atoms with Gasteiger partial charge in [0.2, 0.25) is 0 Å². The molecule has 0 amide bonds. The van der Waals surface area contributed by atoms with Crippen LogP contribution in [0.2, 0.25) is 0 Å². The first-order valence-corrected chi connectivity index (χ1v) is 7.28. The summed E-state index contributed by atoms with van der Waals surface area (Å²) in [6.07, 6.45) is 0.997. The molecule has 0 fully saturated rings. The molecule has 0 aliphatic heterocycles. The van der Waals surface area contributed by atoms with Gasteiger partial charge in [0.15, 0.2) is 0 Å². The summed E-state index contributed by atoms with van der Waals surface area (Å²) in [6, 6.07) is 9.58. The molecule has 3 heteroatoms. The fraction of sp³-hybridized carbons (Fsp3) is 0.333. The van der Waals surface area contributed by atoms with Gasteiger partial charge in [0.25, 0.3) is 0 Å². The van der Waals surface area contributed by atoms with Crippen LogP contribution in [0.15, 0.2) is 36.4 Å². The standard InChI is InChI=1S/C18H21F2N/c1-4-9-21-18(16-7-5-14(19)10-12(16)2)17-8-6-15(20)11-13(17)3/h5-8,10-11,18,21H,4,9H2,1-3H3. The van der Waals surface area contributed by atoms with Crippen LogP contribution in [-0.4, -0.2) is 6.54 Å². The van der Waals surface area contributed by atoms with Crippen LogP contribution in [0.25, 0.3) is 0 Å². The Morgan fingerprint density at radius 1 is 0.905 bits per heavy atom. The van der Waals surface area contributed by atoms with Crippen molar-refractivity contribution in [3.05, 3.63) is 70.3 Å². The van der Waals surface area contributed by atoms with E-state index in [0.717, 1.165) is 35.2 Å². The summed E-state index contributed by atoms with van der Waals surface area (Å²) in [5, 5.41) is 3.48. The predicted molar refractivity (Wildman–Crippen MR) is 82.4 cm³/mol. The average Bonchev–Trinajstić information content (AvgIpc) is 2.42. The zero-order valence-corrected chi connectivity index (χ0v) is 12.7. The van der Waals surface area contributed by atoms with Gasteiger partial charge in [0, 0.05) is 0 Å². The lowest BCUT2D eigenvalue weighted by Gasteiger charge is -2.23. The Labute approximate surface area is 125 Å². The molecule has 0 aliphatic carbocycles. The van der Waals surface area contributed by atoms with Crippen molar-refractivity contribution in [2.45, 2.75) is 33.2 Å². The Balaban J connectivity index is 2.46. The summed E-state index contributed by atoms with van der Waals surface area (Å²) in [5.41, 5.74) is 3.85. The molecular weight excluding hydrogens is 268 g/mol. The summed E-state index contributed by atoms with van der Waals surface area (Å²) in [6.45, 7) is 6.74. The number of hydrogen-bond donors (Lipinski definition) is 1. The van der Waals surface area contributed by atoms with E-state index in [0.29, 0.717) is 0 Å². The first kappa shape index (κ1) is 15.6. The van der Waals surface area contributed by atoms with E-state index in [1.807, 2.05) is 13.8 Å². The van der Waals surface area contributed by atoms with E-state index in [9.17, 15) is 8.78 Å². The topological polar surface area (TPSA) is 12.0 Å². The number of hydrogen-bond acceptors (Lipinski definition) is 1. The van der Waals surface area contributed by atoms with E-state index >= 15 is 0 Å². The highest BCUT2D eigenvalue weighted by Gasteiger charge is 2.18. The maximum atomic E-state index is 13.3. The highest BCUT2D eigenvalue weighted by atomic mass is 19.1. The van der Waals surface area contributed by atoms with Crippen LogP contribution in [0.1, 0.15) is 41.6 Å². The van der Waals surface area contributed by atoms with Crippen LogP contribution in [0, 0.1) is 25.5 Å². The number of halogens is 2. The Morgan fingerprint density at radius 2 is 1.38 bits per heavy atom. The molecule has 0 aliphatic rings. The van der Waals surface area contributed by atoms with Gasteiger partial charge >= 0.3 is 0 Å². The molecule has 2 aromatic rings. The molecule has 0 saturated heterocycles. The van der Waals surface area contributed by atoms with E-state index in [1.54, 1.807) is 12.1 Å². The number of rotatable bonds is 5. The first-order chi connectivity index (χ1) is 10.0. The Bertz CT molecular complexity index is 571. The van der Waals surface area contributed by atoms with Crippen molar-refractivity contribution in [2.24, 2.45) is 0 Å². The van der Waals surface area contributed by atoms with Gasteiger partial charge in [0.1, 0.15) is 11.6 Å². The van der Waals surface area contributed by atoms with Crippen LogP contribution in [-0.2, 0) is 0 Å². The second-order valence-electron chi connectivity index (χ2n) is 5.39. The third kappa shape index (κ3) is 3.67. The van der Waals surface area contributed by atoms with Crippen LogP contribution >= 0.6 is 0 Å². The van der Waals surface area contributed by atoms with Crippen molar-refractivity contribution in [1.29, 1.82) is 0 Å². The van der Waals surface area contributed by atoms with E-state index < -0.39 is 0 Å². The minimum Gasteiger partial charge on any atom is -0.306 e. The summed E-state index contributed by atoms with van der Waals surface area (Å²) < 4.78 is 26.7. The Hall–Kier alpha value is -1.74. The van der Waals surface area contributed by atoms with Gasteiger partial charge in [-0.2, -0.15) is 0 Å². The van der Waals surface area contributed by atoms with Crippen molar-refractivity contribution in [3.63, 3.8) is 0 Å². The van der Waals surface area contributed by atoms with Gasteiger partial charge in [0.05, 0.1) is 6.04 Å². The van der Waals surface area contributed by atoms with Gasteiger partial charge in [-0.05, 0) is 73.3 Å². The third-order valence-electron chi connectivity index (χ3n) is 3.68. The molecule has 0 radical (unpaired) electrons. The van der Waals surface area contributed by atoms with Gasteiger partial charge < -0.3 is 5.32 Å². The van der Waals surface area contributed by atoms with Gasteiger partial charge in [-0.3, -0.25) is 0 Å². The third-order valence-corrected chi connectivity index (χ3v) is 3.68. The van der Waals surface area contributed by atoms with E-state index in [4.69, 9.17) is 0 Å². The molecule has 0 aromatic heterocycles. The molecule has 0 bridgehead atoms. The Kier molecular flexibility index (Phi) is 5.07. The van der Waals surface area contributed by atoms with Crippen molar-refractivity contribution < 1.29 is 8.78 Å². The molecule has 1 N–H and O–H groups in total. The normalized spacial score (nSPS) is 11.1. The fourth-order valence-electron chi connectivity index (χ4n) is 2.60. The molecule has 2 rings (SSSR count). The summed E-state index contributed by atoms with van der Waals surface area (Å²) in [7, 11) is 0. The zero-order chi connectivity index (χ0) is 15.4. The lowest BCUT2D eigenvalue weighted by molar-refractivity contribution is 0.583. The highest BCUT2D eigenvalue weighted by Crippen LogP contribution is 2.28. The zero-order valence-electron chi connectivity index (χ0n) is 12.7. The average molecular weight is 289 g/mol. The second kappa shape index (κ2) is 6.81. The Morgan fingerprint density at radius 3 is 1.76 bits per heavy atom. The van der Waals surface area contributed by atoms with Crippen molar-refractivity contribution in [1.82, 2.24) is 5.32 Å². The molecule has 21 heavy (non-hydrogen) atoms. The SMILES string of the molecule is CCCNC(c1ccc(F)cc1C)c1ccc(F)cc1C. The molecule has 0 atom stereocenters. The van der Waals surface area contributed by atoms with E-state index in [2.05, 4.69) is 12.2 Å². The minimum absolute atomic E-state index is 0.0499. The molecule has 0 spiro atoms. The van der Waals surface area contributed by atoms with Gasteiger partial charge in [-0.25, -0.2) is 8.78 Å². The van der Waals surface area contributed by atoms with Crippen molar-refractivity contribution >= 4 is 0 Å². The fourth-order valence-corrected chi connectivity index (χ4v) is 2.60. The van der Waals surface area contributed by atoms with E-state index in [1.165, 1.54) is 24.3 Å². The molecule has 0 unspecified atom stereocenters. The summed E-state index contributed by atoms with van der Waals surface area (Å²) in [4.78, 5) is 0. The molecule has 0 saturated carbocycles. The minimum atomic E-state index is -0.235. The van der Waals surface area contributed by atoms with Crippen molar-refractivity contribution in [2.75, 3.05) is 6.54 Å². The van der Waals surface area contributed by atoms with Gasteiger partial charge in [-0.1, -0.05) is 19.1 Å². The number of benzene rings is 2. The highest BCUT2D eigenvalue weighted by molar-refractivity contribution is 5.40.